The number of carbonyl (C=O) groups excluding carboxylic acids is 1. The zero-order valence-electron chi connectivity index (χ0n) is 10.2. The number of rotatable bonds is 3. The standard InChI is InChI=1S/C13H19N3O/c1-10(17)15-12-7-8-13(14-9-12)16-11-5-3-2-4-6-11/h7-9,11H,2-6H2,1H3,(H,14,16)(H,15,17). The van der Waals surface area contributed by atoms with Crippen LogP contribution in [0.1, 0.15) is 39.0 Å². The molecule has 0 unspecified atom stereocenters. The van der Waals surface area contributed by atoms with Crippen LogP contribution in [0.5, 0.6) is 0 Å². The van der Waals surface area contributed by atoms with Crippen molar-refractivity contribution in [1.29, 1.82) is 0 Å². The molecule has 1 fully saturated rings. The van der Waals surface area contributed by atoms with E-state index in [1.807, 2.05) is 12.1 Å². The fourth-order valence-electron chi connectivity index (χ4n) is 2.21. The summed E-state index contributed by atoms with van der Waals surface area (Å²) in [6, 6.07) is 4.35. The number of nitrogens with one attached hydrogen (secondary N) is 2. The van der Waals surface area contributed by atoms with Crippen LogP contribution in [0.4, 0.5) is 11.5 Å². The summed E-state index contributed by atoms with van der Waals surface area (Å²) < 4.78 is 0. The van der Waals surface area contributed by atoms with E-state index in [4.69, 9.17) is 0 Å². The molecule has 1 aliphatic carbocycles. The van der Waals surface area contributed by atoms with Crippen molar-refractivity contribution in [3.8, 4) is 0 Å². The average Bonchev–Trinajstić information content (AvgIpc) is 2.32. The summed E-state index contributed by atoms with van der Waals surface area (Å²) in [6.45, 7) is 1.49. The van der Waals surface area contributed by atoms with Crippen molar-refractivity contribution in [2.75, 3.05) is 10.6 Å². The lowest BCUT2D eigenvalue weighted by Crippen LogP contribution is -2.22. The molecule has 0 saturated heterocycles. The summed E-state index contributed by atoms with van der Waals surface area (Å²) in [5.74, 6) is 0.825. The summed E-state index contributed by atoms with van der Waals surface area (Å²) in [6.07, 6.45) is 8.12. The Morgan fingerprint density at radius 2 is 2.06 bits per heavy atom. The minimum absolute atomic E-state index is 0.0696. The first-order valence-corrected chi connectivity index (χ1v) is 6.24. The van der Waals surface area contributed by atoms with Crippen LogP contribution in [-0.2, 0) is 4.79 Å². The number of aromatic nitrogens is 1. The van der Waals surface area contributed by atoms with Gasteiger partial charge in [-0.1, -0.05) is 19.3 Å². The second-order valence-corrected chi connectivity index (χ2v) is 4.59. The largest absolute Gasteiger partial charge is 0.367 e. The topological polar surface area (TPSA) is 54.0 Å². The molecular weight excluding hydrogens is 214 g/mol. The van der Waals surface area contributed by atoms with Gasteiger partial charge in [0.1, 0.15) is 5.82 Å². The Hall–Kier alpha value is -1.58. The highest BCUT2D eigenvalue weighted by Crippen LogP contribution is 2.21. The molecule has 1 aromatic rings. The van der Waals surface area contributed by atoms with Gasteiger partial charge in [-0.3, -0.25) is 4.79 Å². The Kier molecular flexibility index (Phi) is 3.96. The molecule has 0 atom stereocenters. The van der Waals surface area contributed by atoms with Gasteiger partial charge in [-0.05, 0) is 25.0 Å². The SMILES string of the molecule is CC(=O)Nc1ccc(NC2CCCCC2)nc1. The van der Waals surface area contributed by atoms with Crippen molar-refractivity contribution in [3.63, 3.8) is 0 Å². The molecule has 1 heterocycles. The van der Waals surface area contributed by atoms with Gasteiger partial charge in [-0.25, -0.2) is 4.98 Å². The number of hydrogen-bond donors (Lipinski definition) is 2. The zero-order chi connectivity index (χ0) is 12.1. The number of hydrogen-bond acceptors (Lipinski definition) is 3. The van der Waals surface area contributed by atoms with Crippen LogP contribution in [-0.4, -0.2) is 16.9 Å². The van der Waals surface area contributed by atoms with Gasteiger partial charge < -0.3 is 10.6 Å². The van der Waals surface area contributed by atoms with Crippen molar-refractivity contribution in [3.05, 3.63) is 18.3 Å². The highest BCUT2D eigenvalue weighted by Gasteiger charge is 2.13. The quantitative estimate of drug-likeness (QED) is 0.844. The normalized spacial score (nSPS) is 16.5. The van der Waals surface area contributed by atoms with Gasteiger partial charge in [-0.15, -0.1) is 0 Å². The molecular formula is C13H19N3O. The minimum Gasteiger partial charge on any atom is -0.367 e. The first-order valence-electron chi connectivity index (χ1n) is 6.24. The number of nitrogens with zero attached hydrogens (tertiary/aromatic N) is 1. The number of anilines is 2. The van der Waals surface area contributed by atoms with E-state index in [-0.39, 0.29) is 5.91 Å². The lowest BCUT2D eigenvalue weighted by atomic mass is 9.95. The van der Waals surface area contributed by atoms with Crippen molar-refractivity contribution >= 4 is 17.4 Å². The fraction of sp³-hybridized carbons (Fsp3) is 0.538. The number of carbonyl (C=O) groups is 1. The summed E-state index contributed by atoms with van der Waals surface area (Å²) >= 11 is 0. The summed E-state index contributed by atoms with van der Waals surface area (Å²) in [5, 5.41) is 6.14. The van der Waals surface area contributed by atoms with Crippen LogP contribution >= 0.6 is 0 Å². The molecule has 0 spiro atoms. The molecule has 0 radical (unpaired) electrons. The first-order chi connectivity index (χ1) is 8.24. The van der Waals surface area contributed by atoms with E-state index in [0.29, 0.717) is 6.04 Å². The second kappa shape index (κ2) is 5.66. The van der Waals surface area contributed by atoms with Crippen molar-refractivity contribution in [2.45, 2.75) is 45.1 Å². The number of amides is 1. The molecule has 4 nitrogen and oxygen atoms in total. The Morgan fingerprint density at radius 3 is 2.65 bits per heavy atom. The van der Waals surface area contributed by atoms with Gasteiger partial charge in [0.2, 0.25) is 5.91 Å². The zero-order valence-corrected chi connectivity index (χ0v) is 10.2. The molecule has 17 heavy (non-hydrogen) atoms. The van der Waals surface area contributed by atoms with Crippen LogP contribution in [0, 0.1) is 0 Å². The Morgan fingerprint density at radius 1 is 1.29 bits per heavy atom. The maximum absolute atomic E-state index is 10.9. The van der Waals surface area contributed by atoms with E-state index in [1.54, 1.807) is 6.20 Å². The lowest BCUT2D eigenvalue weighted by Gasteiger charge is -2.23. The summed E-state index contributed by atoms with van der Waals surface area (Å²) in [4.78, 5) is 15.2. The minimum atomic E-state index is -0.0696. The van der Waals surface area contributed by atoms with Crippen LogP contribution < -0.4 is 10.6 Å². The average molecular weight is 233 g/mol. The second-order valence-electron chi connectivity index (χ2n) is 4.59. The highest BCUT2D eigenvalue weighted by molar-refractivity contribution is 5.88. The van der Waals surface area contributed by atoms with Crippen LogP contribution in [0.3, 0.4) is 0 Å². The van der Waals surface area contributed by atoms with E-state index < -0.39 is 0 Å². The maximum atomic E-state index is 10.9. The molecule has 0 aromatic carbocycles. The number of pyridine rings is 1. The van der Waals surface area contributed by atoms with Gasteiger partial charge in [0, 0.05) is 13.0 Å². The molecule has 4 heteroatoms. The molecule has 1 aromatic heterocycles. The maximum Gasteiger partial charge on any atom is 0.221 e. The van der Waals surface area contributed by atoms with E-state index in [9.17, 15) is 4.79 Å². The van der Waals surface area contributed by atoms with E-state index in [0.717, 1.165) is 11.5 Å². The van der Waals surface area contributed by atoms with Gasteiger partial charge in [0.25, 0.3) is 0 Å². The first kappa shape index (κ1) is 11.9. The summed E-state index contributed by atoms with van der Waals surface area (Å²) in [7, 11) is 0. The molecule has 0 aliphatic heterocycles. The third-order valence-corrected chi connectivity index (χ3v) is 3.04. The van der Waals surface area contributed by atoms with Crippen LogP contribution in [0.15, 0.2) is 18.3 Å². The van der Waals surface area contributed by atoms with Gasteiger partial charge in [0.15, 0.2) is 0 Å². The summed E-state index contributed by atoms with van der Waals surface area (Å²) in [5.41, 5.74) is 0.742. The molecule has 92 valence electrons. The Balaban J connectivity index is 1.90. The fourth-order valence-corrected chi connectivity index (χ4v) is 2.21. The lowest BCUT2D eigenvalue weighted by molar-refractivity contribution is -0.114. The Labute approximate surface area is 102 Å². The third kappa shape index (κ3) is 3.73. The van der Waals surface area contributed by atoms with Crippen molar-refractivity contribution < 1.29 is 4.79 Å². The van der Waals surface area contributed by atoms with Crippen LogP contribution in [0.2, 0.25) is 0 Å². The Bertz CT molecular complexity index is 369. The molecule has 1 saturated carbocycles. The van der Waals surface area contributed by atoms with E-state index in [2.05, 4.69) is 15.6 Å². The van der Waals surface area contributed by atoms with E-state index in [1.165, 1.54) is 39.0 Å². The van der Waals surface area contributed by atoms with E-state index >= 15 is 0 Å². The van der Waals surface area contributed by atoms with Crippen molar-refractivity contribution in [1.82, 2.24) is 4.98 Å². The third-order valence-electron chi connectivity index (χ3n) is 3.04. The van der Waals surface area contributed by atoms with Gasteiger partial charge in [-0.2, -0.15) is 0 Å². The van der Waals surface area contributed by atoms with Crippen molar-refractivity contribution in [2.24, 2.45) is 0 Å². The monoisotopic (exact) mass is 233 g/mol. The molecule has 0 bridgehead atoms. The van der Waals surface area contributed by atoms with Gasteiger partial charge in [0.05, 0.1) is 11.9 Å². The van der Waals surface area contributed by atoms with Gasteiger partial charge >= 0.3 is 0 Å². The predicted octanol–water partition coefficient (Wildman–Crippen LogP) is 2.78. The molecule has 2 N–H and O–H groups in total. The molecule has 2 rings (SSSR count). The smallest absolute Gasteiger partial charge is 0.221 e. The predicted molar refractivity (Wildman–Crippen MR) is 69.0 cm³/mol. The molecule has 1 aliphatic rings. The molecule has 1 amide bonds. The van der Waals surface area contributed by atoms with Crippen LogP contribution in [0.25, 0.3) is 0 Å². The highest BCUT2D eigenvalue weighted by atomic mass is 16.1.